The second-order valence-corrected chi connectivity index (χ2v) is 5.74. The third-order valence-corrected chi connectivity index (χ3v) is 4.58. The van der Waals surface area contributed by atoms with Crippen molar-refractivity contribution in [2.45, 2.75) is 31.6 Å². The Bertz CT molecular complexity index is 452. The van der Waals surface area contributed by atoms with Crippen LogP contribution >= 0.6 is 0 Å². The first kappa shape index (κ1) is 12.8. The van der Waals surface area contributed by atoms with Crippen LogP contribution in [0.5, 0.6) is 5.75 Å². The molecule has 19 heavy (non-hydrogen) atoms. The molecule has 0 radical (unpaired) electrons. The number of piperidine rings is 1. The topological polar surface area (TPSA) is 24.5 Å². The van der Waals surface area contributed by atoms with Crippen LogP contribution in [-0.4, -0.2) is 33.8 Å². The number of rotatable bonds is 2. The number of methoxy groups -OCH3 is 1. The van der Waals surface area contributed by atoms with Crippen LogP contribution in [0.15, 0.2) is 12.1 Å². The minimum atomic E-state index is 0.661. The first-order chi connectivity index (χ1) is 9.31. The highest BCUT2D eigenvalue weighted by atomic mass is 16.5. The van der Waals surface area contributed by atoms with Gasteiger partial charge < -0.3 is 15.0 Å². The van der Waals surface area contributed by atoms with Gasteiger partial charge in [0.1, 0.15) is 5.75 Å². The van der Waals surface area contributed by atoms with Gasteiger partial charge in [0, 0.05) is 24.8 Å². The summed E-state index contributed by atoms with van der Waals surface area (Å²) in [5.74, 6) is 1.82. The lowest BCUT2D eigenvalue weighted by molar-refractivity contribution is 0.386. The van der Waals surface area contributed by atoms with Gasteiger partial charge in [-0.25, -0.2) is 0 Å². The molecule has 1 fully saturated rings. The summed E-state index contributed by atoms with van der Waals surface area (Å²) in [7, 11) is 4.01. The van der Waals surface area contributed by atoms with E-state index in [9.17, 15) is 0 Å². The average Bonchev–Trinajstić information content (AvgIpc) is 2.47. The molecule has 3 nitrogen and oxygen atoms in total. The lowest BCUT2D eigenvalue weighted by Gasteiger charge is -2.32. The van der Waals surface area contributed by atoms with Gasteiger partial charge in [-0.3, -0.25) is 0 Å². The van der Waals surface area contributed by atoms with E-state index in [1.54, 1.807) is 0 Å². The number of ether oxygens (including phenoxy) is 1. The van der Waals surface area contributed by atoms with Gasteiger partial charge in [0.05, 0.1) is 7.11 Å². The van der Waals surface area contributed by atoms with Crippen LogP contribution in [0.1, 0.15) is 36.3 Å². The smallest absolute Gasteiger partial charge is 0.127 e. The third kappa shape index (κ3) is 2.32. The van der Waals surface area contributed by atoms with E-state index < -0.39 is 0 Å². The SMILES string of the molecule is COc1c(C2CCNCC2)ccc2c1CCCN2C. The molecule has 3 rings (SSSR count). The molecule has 2 heterocycles. The second kappa shape index (κ2) is 5.41. The first-order valence-corrected chi connectivity index (χ1v) is 7.43. The Labute approximate surface area is 115 Å². The van der Waals surface area contributed by atoms with E-state index in [-0.39, 0.29) is 0 Å². The molecule has 1 saturated heterocycles. The Hall–Kier alpha value is -1.22. The maximum absolute atomic E-state index is 5.80. The molecule has 1 N–H and O–H groups in total. The van der Waals surface area contributed by atoms with Crippen molar-refractivity contribution in [1.29, 1.82) is 0 Å². The molecule has 0 unspecified atom stereocenters. The Balaban J connectivity index is 2.00. The zero-order chi connectivity index (χ0) is 13.2. The fourth-order valence-corrected chi connectivity index (χ4v) is 3.54. The number of fused-ring (bicyclic) bond motifs is 1. The quantitative estimate of drug-likeness (QED) is 0.884. The Kier molecular flexibility index (Phi) is 3.65. The molecule has 104 valence electrons. The molecule has 2 aliphatic heterocycles. The fourth-order valence-electron chi connectivity index (χ4n) is 3.54. The Morgan fingerprint density at radius 2 is 2.05 bits per heavy atom. The van der Waals surface area contributed by atoms with E-state index in [0.29, 0.717) is 5.92 Å². The van der Waals surface area contributed by atoms with Crippen molar-refractivity contribution in [3.8, 4) is 5.75 Å². The molecular weight excluding hydrogens is 236 g/mol. The fraction of sp³-hybridized carbons (Fsp3) is 0.625. The van der Waals surface area contributed by atoms with Gasteiger partial charge in [-0.2, -0.15) is 0 Å². The molecule has 0 atom stereocenters. The van der Waals surface area contributed by atoms with Crippen molar-refractivity contribution in [3.63, 3.8) is 0 Å². The van der Waals surface area contributed by atoms with E-state index in [2.05, 4.69) is 29.4 Å². The largest absolute Gasteiger partial charge is 0.496 e. The second-order valence-electron chi connectivity index (χ2n) is 5.74. The normalized spacial score (nSPS) is 20.2. The van der Waals surface area contributed by atoms with Crippen molar-refractivity contribution >= 4 is 5.69 Å². The van der Waals surface area contributed by atoms with Gasteiger partial charge in [-0.15, -0.1) is 0 Å². The molecular formula is C16H24N2O. The predicted octanol–water partition coefficient (Wildman–Crippen LogP) is 2.54. The van der Waals surface area contributed by atoms with E-state index in [4.69, 9.17) is 4.74 Å². The number of benzene rings is 1. The summed E-state index contributed by atoms with van der Waals surface area (Å²) in [6.45, 7) is 3.42. The van der Waals surface area contributed by atoms with E-state index in [1.165, 1.54) is 36.1 Å². The van der Waals surface area contributed by atoms with Gasteiger partial charge in [0.25, 0.3) is 0 Å². The molecule has 0 spiro atoms. The molecule has 0 aliphatic carbocycles. The summed E-state index contributed by atoms with van der Waals surface area (Å²) in [4.78, 5) is 2.35. The standard InChI is InChI=1S/C16H24N2O/c1-18-11-3-4-14-15(18)6-5-13(16(14)19-2)12-7-9-17-10-8-12/h5-6,12,17H,3-4,7-11H2,1-2H3. The third-order valence-electron chi connectivity index (χ3n) is 4.58. The van der Waals surface area contributed by atoms with E-state index in [1.807, 2.05) is 7.11 Å². The minimum absolute atomic E-state index is 0.661. The molecule has 0 aromatic heterocycles. The van der Waals surface area contributed by atoms with Crippen LogP contribution in [0.4, 0.5) is 5.69 Å². The lowest BCUT2D eigenvalue weighted by atomic mass is 9.86. The predicted molar refractivity (Wildman–Crippen MR) is 79.4 cm³/mol. The van der Waals surface area contributed by atoms with Crippen molar-refractivity contribution in [1.82, 2.24) is 5.32 Å². The summed E-state index contributed by atoms with van der Waals surface area (Å²) in [5.41, 5.74) is 4.21. The molecule has 1 aromatic carbocycles. The lowest BCUT2D eigenvalue weighted by Crippen LogP contribution is -2.28. The van der Waals surface area contributed by atoms with Crippen LogP contribution in [0.3, 0.4) is 0 Å². The summed E-state index contributed by atoms with van der Waals surface area (Å²) in [6.07, 6.45) is 4.84. The van der Waals surface area contributed by atoms with Crippen LogP contribution < -0.4 is 15.0 Å². The highest BCUT2D eigenvalue weighted by molar-refractivity contribution is 5.63. The number of hydrogen-bond acceptors (Lipinski definition) is 3. The average molecular weight is 260 g/mol. The monoisotopic (exact) mass is 260 g/mol. The number of hydrogen-bond donors (Lipinski definition) is 1. The summed E-state index contributed by atoms with van der Waals surface area (Å²) in [6, 6.07) is 4.60. The minimum Gasteiger partial charge on any atom is -0.496 e. The van der Waals surface area contributed by atoms with Gasteiger partial charge in [-0.1, -0.05) is 6.07 Å². The zero-order valence-electron chi connectivity index (χ0n) is 12.0. The molecule has 0 bridgehead atoms. The summed E-state index contributed by atoms with van der Waals surface area (Å²) < 4.78 is 5.80. The Morgan fingerprint density at radius 3 is 2.79 bits per heavy atom. The maximum atomic E-state index is 5.80. The molecule has 0 amide bonds. The number of nitrogens with one attached hydrogen (secondary N) is 1. The van der Waals surface area contributed by atoms with Crippen LogP contribution in [0.2, 0.25) is 0 Å². The van der Waals surface area contributed by atoms with Crippen molar-refractivity contribution < 1.29 is 4.74 Å². The van der Waals surface area contributed by atoms with E-state index >= 15 is 0 Å². The summed E-state index contributed by atoms with van der Waals surface area (Å²) >= 11 is 0. The first-order valence-electron chi connectivity index (χ1n) is 7.43. The maximum Gasteiger partial charge on any atom is 0.127 e. The van der Waals surface area contributed by atoms with Gasteiger partial charge in [-0.05, 0) is 56.3 Å². The molecule has 3 heteroatoms. The van der Waals surface area contributed by atoms with Crippen LogP contribution in [0, 0.1) is 0 Å². The highest BCUT2D eigenvalue weighted by Gasteiger charge is 2.25. The van der Waals surface area contributed by atoms with Crippen molar-refractivity contribution in [2.24, 2.45) is 0 Å². The molecule has 0 saturated carbocycles. The van der Waals surface area contributed by atoms with Gasteiger partial charge in [0.2, 0.25) is 0 Å². The van der Waals surface area contributed by atoms with Crippen molar-refractivity contribution in [3.05, 3.63) is 23.3 Å². The van der Waals surface area contributed by atoms with Crippen molar-refractivity contribution in [2.75, 3.05) is 38.7 Å². The number of anilines is 1. The molecule has 2 aliphatic rings. The van der Waals surface area contributed by atoms with Gasteiger partial charge >= 0.3 is 0 Å². The zero-order valence-corrected chi connectivity index (χ0v) is 12.0. The van der Waals surface area contributed by atoms with E-state index in [0.717, 1.165) is 31.8 Å². The molecule has 1 aromatic rings. The number of nitrogens with zero attached hydrogens (tertiary/aromatic N) is 1. The summed E-state index contributed by atoms with van der Waals surface area (Å²) in [5, 5.41) is 3.44. The Morgan fingerprint density at radius 1 is 1.26 bits per heavy atom. The van der Waals surface area contributed by atoms with Crippen LogP contribution in [0.25, 0.3) is 0 Å². The van der Waals surface area contributed by atoms with Crippen LogP contribution in [-0.2, 0) is 6.42 Å². The highest BCUT2D eigenvalue weighted by Crippen LogP contribution is 2.41. The van der Waals surface area contributed by atoms with Gasteiger partial charge in [0.15, 0.2) is 0 Å².